The molecule has 0 aliphatic carbocycles. The molecular formula is C11H18N2O5. The summed E-state index contributed by atoms with van der Waals surface area (Å²) in [5.74, 6) is -1.75. The predicted octanol–water partition coefficient (Wildman–Crippen LogP) is 0.0541. The molecular weight excluding hydrogens is 240 g/mol. The maximum absolute atomic E-state index is 11.8. The summed E-state index contributed by atoms with van der Waals surface area (Å²) in [5, 5.41) is 11.1. The number of methoxy groups -OCH3 is 1. The zero-order valence-electron chi connectivity index (χ0n) is 10.5. The minimum atomic E-state index is -1.09. The predicted molar refractivity (Wildman–Crippen MR) is 61.9 cm³/mol. The molecule has 2 atom stereocenters. The number of urea groups is 1. The normalized spacial score (nSPS) is 21.0. The second-order valence-corrected chi connectivity index (χ2v) is 4.32. The van der Waals surface area contributed by atoms with Crippen molar-refractivity contribution in [2.45, 2.75) is 25.8 Å². The molecule has 1 saturated heterocycles. The maximum Gasteiger partial charge on any atom is 0.325 e. The van der Waals surface area contributed by atoms with Crippen LogP contribution in [-0.2, 0) is 14.3 Å². The van der Waals surface area contributed by atoms with Crippen molar-refractivity contribution < 1.29 is 24.2 Å². The largest absolute Gasteiger partial charge is 0.480 e. The smallest absolute Gasteiger partial charge is 0.325 e. The van der Waals surface area contributed by atoms with Gasteiger partial charge in [-0.15, -0.1) is 0 Å². The van der Waals surface area contributed by atoms with Crippen LogP contribution in [0.5, 0.6) is 0 Å². The molecule has 1 aliphatic heterocycles. The number of nitrogens with zero attached hydrogens (tertiary/aromatic N) is 1. The number of likely N-dealkylation sites (tertiary alicyclic amines) is 1. The van der Waals surface area contributed by atoms with E-state index in [9.17, 15) is 14.4 Å². The number of carboxylic acid groups (broad SMARTS) is 1. The molecule has 0 aromatic rings. The highest BCUT2D eigenvalue weighted by molar-refractivity contribution is 5.82. The van der Waals surface area contributed by atoms with E-state index in [-0.39, 0.29) is 18.4 Å². The zero-order valence-corrected chi connectivity index (χ0v) is 10.5. The number of carboxylic acids is 1. The lowest BCUT2D eigenvalue weighted by molar-refractivity contribution is -0.147. The molecule has 7 nitrogen and oxygen atoms in total. The standard InChI is InChI=1S/C11H18N2O5/c1-7(9(14)15)12-11(17)13-5-3-4-8(6-13)10(16)18-2/h7-8H,3-6H2,1-2H3,(H,12,17)(H,14,15). The summed E-state index contributed by atoms with van der Waals surface area (Å²) in [6, 6.07) is -1.41. The number of ether oxygens (including phenoxy) is 1. The van der Waals surface area contributed by atoms with E-state index in [0.717, 1.165) is 0 Å². The summed E-state index contributed by atoms with van der Waals surface area (Å²) in [6.45, 7) is 2.18. The molecule has 0 aromatic carbocycles. The van der Waals surface area contributed by atoms with Gasteiger partial charge >= 0.3 is 18.0 Å². The average molecular weight is 258 g/mol. The summed E-state index contributed by atoms with van der Waals surface area (Å²) in [7, 11) is 1.31. The van der Waals surface area contributed by atoms with E-state index in [1.165, 1.54) is 18.9 Å². The Kier molecular flexibility index (Phi) is 4.94. The minimum absolute atomic E-state index is 0.269. The lowest BCUT2D eigenvalue weighted by Crippen LogP contribution is -2.50. The molecule has 2 unspecified atom stereocenters. The van der Waals surface area contributed by atoms with Gasteiger partial charge in [-0.25, -0.2) is 4.79 Å². The van der Waals surface area contributed by atoms with Crippen LogP contribution in [0.1, 0.15) is 19.8 Å². The van der Waals surface area contributed by atoms with Crippen LogP contribution in [0.15, 0.2) is 0 Å². The van der Waals surface area contributed by atoms with Crippen LogP contribution >= 0.6 is 0 Å². The van der Waals surface area contributed by atoms with Crippen molar-refractivity contribution in [1.29, 1.82) is 0 Å². The molecule has 0 saturated carbocycles. The molecule has 0 aromatic heterocycles. The molecule has 1 fully saturated rings. The first kappa shape index (κ1) is 14.3. The number of aliphatic carboxylic acids is 1. The van der Waals surface area contributed by atoms with Crippen LogP contribution in [0.3, 0.4) is 0 Å². The van der Waals surface area contributed by atoms with E-state index in [1.807, 2.05) is 0 Å². The van der Waals surface area contributed by atoms with Crippen molar-refractivity contribution in [2.75, 3.05) is 20.2 Å². The molecule has 1 heterocycles. The third-order valence-corrected chi connectivity index (χ3v) is 2.95. The van der Waals surface area contributed by atoms with E-state index in [2.05, 4.69) is 10.1 Å². The fraction of sp³-hybridized carbons (Fsp3) is 0.727. The molecule has 2 amide bonds. The van der Waals surface area contributed by atoms with Crippen LogP contribution in [0.4, 0.5) is 4.79 Å². The summed E-state index contributed by atoms with van der Waals surface area (Å²) in [4.78, 5) is 35.2. The lowest BCUT2D eigenvalue weighted by Gasteiger charge is -2.31. The summed E-state index contributed by atoms with van der Waals surface area (Å²) in [5.41, 5.74) is 0. The zero-order chi connectivity index (χ0) is 13.7. The Labute approximate surface area is 105 Å². The molecule has 7 heteroatoms. The lowest BCUT2D eigenvalue weighted by atomic mass is 9.98. The number of rotatable bonds is 3. The number of carbonyl (C=O) groups is 3. The van der Waals surface area contributed by atoms with Gasteiger partial charge in [-0.1, -0.05) is 0 Å². The van der Waals surface area contributed by atoms with Gasteiger partial charge in [-0.2, -0.15) is 0 Å². The van der Waals surface area contributed by atoms with Crippen molar-refractivity contribution in [1.82, 2.24) is 10.2 Å². The van der Waals surface area contributed by atoms with E-state index >= 15 is 0 Å². The fourth-order valence-corrected chi connectivity index (χ4v) is 1.86. The Morgan fingerprint density at radius 3 is 2.67 bits per heavy atom. The third-order valence-electron chi connectivity index (χ3n) is 2.95. The first-order valence-electron chi connectivity index (χ1n) is 5.81. The number of nitrogens with one attached hydrogen (secondary N) is 1. The highest BCUT2D eigenvalue weighted by atomic mass is 16.5. The number of carbonyl (C=O) groups excluding carboxylic acids is 2. The van der Waals surface area contributed by atoms with Crippen LogP contribution in [0, 0.1) is 5.92 Å². The van der Waals surface area contributed by atoms with Gasteiger partial charge in [0.05, 0.1) is 13.0 Å². The first-order chi connectivity index (χ1) is 8.45. The molecule has 102 valence electrons. The van der Waals surface area contributed by atoms with E-state index in [4.69, 9.17) is 5.11 Å². The quantitative estimate of drug-likeness (QED) is 0.697. The van der Waals surface area contributed by atoms with Gasteiger partial charge in [-0.05, 0) is 19.8 Å². The molecule has 1 rings (SSSR count). The summed E-state index contributed by atoms with van der Waals surface area (Å²) < 4.78 is 4.65. The molecule has 1 aliphatic rings. The third kappa shape index (κ3) is 3.61. The van der Waals surface area contributed by atoms with Gasteiger partial charge in [0.2, 0.25) is 0 Å². The summed E-state index contributed by atoms with van der Waals surface area (Å²) >= 11 is 0. The second kappa shape index (κ2) is 6.23. The van der Waals surface area contributed by atoms with Gasteiger partial charge in [0, 0.05) is 13.1 Å². The van der Waals surface area contributed by atoms with Gasteiger partial charge in [0.1, 0.15) is 6.04 Å². The Hall–Kier alpha value is -1.79. The topological polar surface area (TPSA) is 95.9 Å². The number of esters is 1. The van der Waals surface area contributed by atoms with E-state index in [1.54, 1.807) is 0 Å². The Bertz CT molecular complexity index is 344. The summed E-state index contributed by atoms with van der Waals surface area (Å²) in [6.07, 6.45) is 1.39. The van der Waals surface area contributed by atoms with Crippen LogP contribution in [0.2, 0.25) is 0 Å². The highest BCUT2D eigenvalue weighted by Gasteiger charge is 2.29. The van der Waals surface area contributed by atoms with Gasteiger partial charge in [0.25, 0.3) is 0 Å². The fourth-order valence-electron chi connectivity index (χ4n) is 1.86. The van der Waals surface area contributed by atoms with Crippen molar-refractivity contribution in [3.05, 3.63) is 0 Å². The Morgan fingerprint density at radius 1 is 1.44 bits per heavy atom. The highest BCUT2D eigenvalue weighted by Crippen LogP contribution is 2.17. The van der Waals surface area contributed by atoms with Crippen LogP contribution in [-0.4, -0.2) is 54.2 Å². The minimum Gasteiger partial charge on any atom is -0.480 e. The van der Waals surface area contributed by atoms with Crippen LogP contribution < -0.4 is 5.32 Å². The van der Waals surface area contributed by atoms with Crippen molar-refractivity contribution in [2.24, 2.45) is 5.92 Å². The molecule has 0 radical (unpaired) electrons. The van der Waals surface area contributed by atoms with Crippen molar-refractivity contribution in [3.8, 4) is 0 Å². The number of hydrogen-bond acceptors (Lipinski definition) is 4. The second-order valence-electron chi connectivity index (χ2n) is 4.32. The van der Waals surface area contributed by atoms with Crippen molar-refractivity contribution in [3.63, 3.8) is 0 Å². The molecule has 18 heavy (non-hydrogen) atoms. The Balaban J connectivity index is 2.53. The molecule has 2 N–H and O–H groups in total. The van der Waals surface area contributed by atoms with E-state index < -0.39 is 18.0 Å². The molecule has 0 bridgehead atoms. The van der Waals surface area contributed by atoms with Crippen molar-refractivity contribution >= 4 is 18.0 Å². The van der Waals surface area contributed by atoms with Gasteiger partial charge < -0.3 is 20.1 Å². The number of hydrogen-bond donors (Lipinski definition) is 2. The maximum atomic E-state index is 11.8. The van der Waals surface area contributed by atoms with Gasteiger partial charge in [0.15, 0.2) is 0 Å². The molecule has 0 spiro atoms. The number of piperidine rings is 1. The monoisotopic (exact) mass is 258 g/mol. The van der Waals surface area contributed by atoms with E-state index in [0.29, 0.717) is 19.4 Å². The number of amides is 2. The SMILES string of the molecule is COC(=O)C1CCCN(C(=O)NC(C)C(=O)O)C1. The Morgan fingerprint density at radius 2 is 2.11 bits per heavy atom. The van der Waals surface area contributed by atoms with Crippen LogP contribution in [0.25, 0.3) is 0 Å². The average Bonchev–Trinajstić information content (AvgIpc) is 2.37. The first-order valence-corrected chi connectivity index (χ1v) is 5.81. The van der Waals surface area contributed by atoms with Gasteiger partial charge in [-0.3, -0.25) is 9.59 Å².